The highest BCUT2D eigenvalue weighted by Gasteiger charge is 2.57. The first-order valence-corrected chi connectivity index (χ1v) is 6.70. The molecule has 3 atom stereocenters. The second kappa shape index (κ2) is 4.94. The molecule has 0 bridgehead atoms. The molecule has 2 rings (SSSR count). The summed E-state index contributed by atoms with van der Waals surface area (Å²) in [5.74, 6) is -0.253. The van der Waals surface area contributed by atoms with Crippen molar-refractivity contribution >= 4 is 5.91 Å². The van der Waals surface area contributed by atoms with Crippen LogP contribution in [0.2, 0.25) is 0 Å². The van der Waals surface area contributed by atoms with Crippen LogP contribution in [0, 0.1) is 5.41 Å². The van der Waals surface area contributed by atoms with E-state index in [4.69, 9.17) is 4.74 Å². The Hall–Kier alpha value is -0.610. The van der Waals surface area contributed by atoms with Crippen LogP contribution in [0.25, 0.3) is 0 Å². The molecule has 98 valence electrons. The third kappa shape index (κ3) is 2.20. The number of amides is 1. The standard InChI is InChI=1S/C13H23NO3/c1-3-17-11-8-10(14-12(16)9(2)15)13(11)6-4-5-7-13/h9-11,15H,3-8H2,1-2H3,(H,14,16). The molecule has 2 N–H and O–H groups in total. The molecular weight excluding hydrogens is 218 g/mol. The van der Waals surface area contributed by atoms with E-state index in [2.05, 4.69) is 5.32 Å². The highest BCUT2D eigenvalue weighted by molar-refractivity contribution is 5.80. The molecule has 0 heterocycles. The summed E-state index contributed by atoms with van der Waals surface area (Å²) in [6.07, 6.45) is 5.01. The van der Waals surface area contributed by atoms with Crippen molar-refractivity contribution in [2.24, 2.45) is 5.41 Å². The SMILES string of the molecule is CCOC1CC(NC(=O)C(C)O)C12CCCC2. The Kier molecular flexibility index (Phi) is 3.73. The molecule has 0 aromatic carbocycles. The molecular formula is C13H23NO3. The van der Waals surface area contributed by atoms with Crippen LogP contribution in [0.1, 0.15) is 46.0 Å². The van der Waals surface area contributed by atoms with Crippen molar-refractivity contribution < 1.29 is 14.6 Å². The summed E-state index contributed by atoms with van der Waals surface area (Å²) in [6, 6.07) is 0.198. The van der Waals surface area contributed by atoms with Crippen molar-refractivity contribution in [3.05, 3.63) is 0 Å². The molecule has 2 aliphatic rings. The normalized spacial score (nSPS) is 32.2. The van der Waals surface area contributed by atoms with Crippen molar-refractivity contribution in [2.45, 2.75) is 64.2 Å². The van der Waals surface area contributed by atoms with E-state index in [9.17, 15) is 9.90 Å². The van der Waals surface area contributed by atoms with Crippen LogP contribution >= 0.6 is 0 Å². The van der Waals surface area contributed by atoms with E-state index in [1.165, 1.54) is 19.8 Å². The summed E-state index contributed by atoms with van der Waals surface area (Å²) < 4.78 is 5.77. The first-order valence-electron chi connectivity index (χ1n) is 6.70. The van der Waals surface area contributed by atoms with Gasteiger partial charge < -0.3 is 15.2 Å². The van der Waals surface area contributed by atoms with Gasteiger partial charge >= 0.3 is 0 Å². The summed E-state index contributed by atoms with van der Waals surface area (Å²) in [7, 11) is 0. The van der Waals surface area contributed by atoms with Gasteiger partial charge in [-0.15, -0.1) is 0 Å². The minimum absolute atomic E-state index is 0.153. The summed E-state index contributed by atoms with van der Waals surface area (Å²) >= 11 is 0. The molecule has 17 heavy (non-hydrogen) atoms. The smallest absolute Gasteiger partial charge is 0.248 e. The van der Waals surface area contributed by atoms with Gasteiger partial charge in [0.05, 0.1) is 6.10 Å². The van der Waals surface area contributed by atoms with E-state index < -0.39 is 6.10 Å². The second-order valence-corrected chi connectivity index (χ2v) is 5.36. The van der Waals surface area contributed by atoms with Gasteiger partial charge in [0.25, 0.3) is 0 Å². The molecule has 0 aromatic rings. The predicted octanol–water partition coefficient (Wildman–Crippen LogP) is 1.22. The van der Waals surface area contributed by atoms with Crippen molar-refractivity contribution in [3.63, 3.8) is 0 Å². The van der Waals surface area contributed by atoms with Crippen LogP contribution < -0.4 is 5.32 Å². The second-order valence-electron chi connectivity index (χ2n) is 5.36. The zero-order valence-electron chi connectivity index (χ0n) is 10.7. The molecule has 0 aliphatic heterocycles. The fourth-order valence-corrected chi connectivity index (χ4v) is 3.38. The average Bonchev–Trinajstić information content (AvgIpc) is 2.79. The minimum atomic E-state index is -0.917. The predicted molar refractivity (Wildman–Crippen MR) is 64.5 cm³/mol. The van der Waals surface area contributed by atoms with Crippen LogP contribution in [0.3, 0.4) is 0 Å². The Morgan fingerprint density at radius 1 is 1.53 bits per heavy atom. The molecule has 4 nitrogen and oxygen atoms in total. The number of hydrogen-bond donors (Lipinski definition) is 2. The van der Waals surface area contributed by atoms with Crippen molar-refractivity contribution in [1.29, 1.82) is 0 Å². The third-order valence-corrected chi connectivity index (χ3v) is 4.38. The van der Waals surface area contributed by atoms with E-state index in [1.807, 2.05) is 6.92 Å². The Morgan fingerprint density at radius 2 is 2.18 bits per heavy atom. The van der Waals surface area contributed by atoms with E-state index in [0.29, 0.717) is 6.10 Å². The molecule has 2 aliphatic carbocycles. The van der Waals surface area contributed by atoms with Gasteiger partial charge in [0.2, 0.25) is 5.91 Å². The zero-order valence-corrected chi connectivity index (χ0v) is 10.7. The van der Waals surface area contributed by atoms with Gasteiger partial charge in [-0.1, -0.05) is 12.8 Å². The lowest BCUT2D eigenvalue weighted by Crippen LogP contribution is -2.64. The van der Waals surface area contributed by atoms with Gasteiger partial charge in [-0.2, -0.15) is 0 Å². The van der Waals surface area contributed by atoms with Crippen molar-refractivity contribution in [2.75, 3.05) is 6.61 Å². The number of aliphatic hydroxyl groups excluding tert-OH is 1. The number of hydrogen-bond acceptors (Lipinski definition) is 3. The summed E-state index contributed by atoms with van der Waals surface area (Å²) in [4.78, 5) is 11.5. The maximum absolute atomic E-state index is 11.5. The molecule has 0 radical (unpaired) electrons. The highest BCUT2D eigenvalue weighted by atomic mass is 16.5. The van der Waals surface area contributed by atoms with Crippen LogP contribution in [0.5, 0.6) is 0 Å². The third-order valence-electron chi connectivity index (χ3n) is 4.38. The summed E-state index contributed by atoms with van der Waals surface area (Å²) in [5, 5.41) is 12.2. The monoisotopic (exact) mass is 241 g/mol. The minimum Gasteiger partial charge on any atom is -0.384 e. The Balaban J connectivity index is 1.98. The number of ether oxygens (including phenoxy) is 1. The van der Waals surface area contributed by atoms with Crippen molar-refractivity contribution in [1.82, 2.24) is 5.32 Å². The number of carbonyl (C=O) groups excluding carboxylic acids is 1. The zero-order chi connectivity index (χ0) is 12.5. The fourth-order valence-electron chi connectivity index (χ4n) is 3.38. The number of rotatable bonds is 4. The lowest BCUT2D eigenvalue weighted by Gasteiger charge is -2.54. The van der Waals surface area contributed by atoms with Crippen molar-refractivity contribution in [3.8, 4) is 0 Å². The average molecular weight is 241 g/mol. The van der Waals surface area contributed by atoms with Crippen LogP contribution in [0.4, 0.5) is 0 Å². The maximum Gasteiger partial charge on any atom is 0.248 e. The molecule has 1 spiro atoms. The first kappa shape index (κ1) is 12.8. The summed E-state index contributed by atoms with van der Waals surface area (Å²) in [5.41, 5.74) is 0.153. The lowest BCUT2D eigenvalue weighted by atomic mass is 9.60. The molecule has 0 saturated heterocycles. The first-order chi connectivity index (χ1) is 8.10. The van der Waals surface area contributed by atoms with E-state index in [1.54, 1.807) is 0 Å². The number of aliphatic hydroxyl groups is 1. The quantitative estimate of drug-likeness (QED) is 0.778. The topological polar surface area (TPSA) is 58.6 Å². The van der Waals surface area contributed by atoms with Crippen LogP contribution in [-0.2, 0) is 9.53 Å². The maximum atomic E-state index is 11.5. The van der Waals surface area contributed by atoms with Gasteiger partial charge in [0.15, 0.2) is 0 Å². The molecule has 2 saturated carbocycles. The molecule has 0 aromatic heterocycles. The molecule has 4 heteroatoms. The number of nitrogens with one attached hydrogen (secondary N) is 1. The van der Waals surface area contributed by atoms with Gasteiger partial charge in [-0.25, -0.2) is 0 Å². The van der Waals surface area contributed by atoms with E-state index >= 15 is 0 Å². The van der Waals surface area contributed by atoms with E-state index in [0.717, 1.165) is 25.9 Å². The number of carbonyl (C=O) groups is 1. The Labute approximate surface area is 103 Å². The van der Waals surface area contributed by atoms with E-state index in [-0.39, 0.29) is 17.4 Å². The Bertz CT molecular complexity index is 284. The van der Waals surface area contributed by atoms with Gasteiger partial charge in [0, 0.05) is 18.1 Å². The fraction of sp³-hybridized carbons (Fsp3) is 0.923. The summed E-state index contributed by atoms with van der Waals surface area (Å²) in [6.45, 7) is 4.27. The largest absolute Gasteiger partial charge is 0.384 e. The van der Waals surface area contributed by atoms with Crippen LogP contribution in [0.15, 0.2) is 0 Å². The molecule has 1 amide bonds. The lowest BCUT2D eigenvalue weighted by molar-refractivity contribution is -0.148. The Morgan fingerprint density at radius 3 is 2.71 bits per heavy atom. The molecule has 2 fully saturated rings. The highest BCUT2D eigenvalue weighted by Crippen LogP contribution is 2.54. The van der Waals surface area contributed by atoms with Crippen LogP contribution in [-0.4, -0.2) is 35.9 Å². The van der Waals surface area contributed by atoms with Gasteiger partial charge in [-0.05, 0) is 33.1 Å². The molecule has 3 unspecified atom stereocenters. The van der Waals surface area contributed by atoms with Gasteiger partial charge in [-0.3, -0.25) is 4.79 Å². The van der Waals surface area contributed by atoms with Gasteiger partial charge in [0.1, 0.15) is 6.10 Å².